The number of imide groups is 1. The number of halogens is 1. The van der Waals surface area contributed by atoms with Crippen LogP contribution in [0, 0.1) is 0 Å². The molecular weight excluding hydrogens is 322 g/mol. The molecule has 0 bridgehead atoms. The molecule has 20 heavy (non-hydrogen) atoms. The maximum Gasteiger partial charge on any atom is 0.321 e. The number of quaternary nitrogens is 1. The molecule has 0 aliphatic rings. The molecule has 0 saturated carbocycles. The lowest BCUT2D eigenvalue weighted by molar-refractivity contribution is -0.713. The van der Waals surface area contributed by atoms with Gasteiger partial charge < -0.3 is 10.6 Å². The Bertz CT molecular complexity index is 462. The summed E-state index contributed by atoms with van der Waals surface area (Å²) in [7, 11) is 1.48. The number of nitrogens with one attached hydrogen (secondary N) is 2. The lowest BCUT2D eigenvalue weighted by Gasteiger charge is -2.18. The summed E-state index contributed by atoms with van der Waals surface area (Å²) in [4.78, 5) is 23.0. The van der Waals surface area contributed by atoms with Crippen LogP contribution < -0.4 is 16.0 Å². The van der Waals surface area contributed by atoms with Crippen LogP contribution in [0.15, 0.2) is 28.7 Å². The van der Waals surface area contributed by atoms with E-state index in [9.17, 15) is 9.59 Å². The summed E-state index contributed by atoms with van der Waals surface area (Å²) in [6.45, 7) is 3.87. The summed E-state index contributed by atoms with van der Waals surface area (Å²) in [6.07, 6.45) is 0.902. The second-order valence-corrected chi connectivity index (χ2v) is 5.53. The van der Waals surface area contributed by atoms with E-state index in [1.165, 1.54) is 7.05 Å². The van der Waals surface area contributed by atoms with Crippen molar-refractivity contribution >= 4 is 27.9 Å². The summed E-state index contributed by atoms with van der Waals surface area (Å²) >= 11 is 3.41. The molecule has 0 radical (unpaired) electrons. The highest BCUT2D eigenvalue weighted by atomic mass is 79.9. The minimum Gasteiger partial charge on any atom is -0.341 e. The van der Waals surface area contributed by atoms with E-state index in [0.717, 1.165) is 16.5 Å². The van der Waals surface area contributed by atoms with Crippen LogP contribution in [-0.4, -0.2) is 25.0 Å². The van der Waals surface area contributed by atoms with Crippen molar-refractivity contribution in [3.8, 4) is 0 Å². The van der Waals surface area contributed by atoms with E-state index in [4.69, 9.17) is 0 Å². The fraction of sp³-hybridized carbons (Fsp3) is 0.429. The van der Waals surface area contributed by atoms with Crippen molar-refractivity contribution < 1.29 is 14.9 Å². The fourth-order valence-electron chi connectivity index (χ4n) is 1.92. The topological polar surface area (TPSA) is 74.8 Å². The number of benzene rings is 1. The van der Waals surface area contributed by atoms with Crippen molar-refractivity contribution in [1.29, 1.82) is 0 Å². The number of carbonyl (C=O) groups excluding carboxylic acids is 2. The van der Waals surface area contributed by atoms with Crippen molar-refractivity contribution in [2.75, 3.05) is 7.05 Å². The first-order valence-electron chi connectivity index (χ1n) is 6.61. The number of carbonyl (C=O) groups is 2. The van der Waals surface area contributed by atoms with Gasteiger partial charge in [-0.1, -0.05) is 35.0 Å². The molecule has 4 N–H and O–H groups in total. The highest BCUT2D eigenvalue weighted by molar-refractivity contribution is 9.10. The smallest absolute Gasteiger partial charge is 0.321 e. The third-order valence-electron chi connectivity index (χ3n) is 3.14. The highest BCUT2D eigenvalue weighted by Crippen LogP contribution is 2.16. The minimum absolute atomic E-state index is 0.188. The number of urea groups is 1. The molecule has 0 fully saturated rings. The predicted octanol–water partition coefficient (Wildman–Crippen LogP) is 1.31. The maximum atomic E-state index is 11.8. The Morgan fingerprint density at radius 3 is 2.40 bits per heavy atom. The van der Waals surface area contributed by atoms with Gasteiger partial charge in [0.05, 0.1) is 0 Å². The van der Waals surface area contributed by atoms with Crippen LogP contribution >= 0.6 is 15.9 Å². The zero-order valence-electron chi connectivity index (χ0n) is 11.9. The fourth-order valence-corrected chi connectivity index (χ4v) is 2.18. The SMILES string of the molecule is CC[C@H]([NH2+][C@H](C)C(=O)NC(=O)NC)c1ccc(Br)cc1. The van der Waals surface area contributed by atoms with Gasteiger partial charge in [0.25, 0.3) is 5.91 Å². The number of hydrogen-bond acceptors (Lipinski definition) is 2. The molecule has 3 amide bonds. The average Bonchev–Trinajstić information content (AvgIpc) is 2.45. The first kappa shape index (κ1) is 16.7. The zero-order chi connectivity index (χ0) is 15.1. The summed E-state index contributed by atoms with van der Waals surface area (Å²) < 4.78 is 1.03. The van der Waals surface area contributed by atoms with Crippen LogP contribution in [0.3, 0.4) is 0 Å². The van der Waals surface area contributed by atoms with E-state index < -0.39 is 6.03 Å². The molecule has 5 nitrogen and oxygen atoms in total. The number of rotatable bonds is 5. The Morgan fingerprint density at radius 1 is 1.30 bits per heavy atom. The molecule has 0 heterocycles. The van der Waals surface area contributed by atoms with Gasteiger partial charge >= 0.3 is 6.03 Å². The van der Waals surface area contributed by atoms with Crippen molar-refractivity contribution in [3.05, 3.63) is 34.3 Å². The monoisotopic (exact) mass is 342 g/mol. The van der Waals surface area contributed by atoms with Crippen LogP contribution in [0.4, 0.5) is 4.79 Å². The highest BCUT2D eigenvalue weighted by Gasteiger charge is 2.23. The summed E-state index contributed by atoms with van der Waals surface area (Å²) in [5.74, 6) is -0.292. The Morgan fingerprint density at radius 2 is 1.90 bits per heavy atom. The molecule has 1 aromatic carbocycles. The summed E-state index contributed by atoms with van der Waals surface area (Å²) in [5, 5.41) is 6.63. The van der Waals surface area contributed by atoms with Gasteiger partial charge in [0.2, 0.25) is 0 Å². The molecule has 1 rings (SSSR count). The van der Waals surface area contributed by atoms with Crippen molar-refractivity contribution in [2.45, 2.75) is 32.4 Å². The number of amides is 3. The lowest BCUT2D eigenvalue weighted by Crippen LogP contribution is -2.92. The first-order valence-corrected chi connectivity index (χ1v) is 7.40. The second kappa shape index (κ2) is 8.01. The molecule has 110 valence electrons. The van der Waals surface area contributed by atoms with E-state index in [1.54, 1.807) is 6.92 Å². The van der Waals surface area contributed by atoms with Gasteiger partial charge in [0.1, 0.15) is 6.04 Å². The Balaban J connectivity index is 2.66. The van der Waals surface area contributed by atoms with E-state index in [0.29, 0.717) is 0 Å². The summed E-state index contributed by atoms with van der Waals surface area (Å²) in [6, 6.07) is 7.43. The van der Waals surface area contributed by atoms with Crippen LogP contribution in [0.1, 0.15) is 31.9 Å². The predicted molar refractivity (Wildman–Crippen MR) is 81.2 cm³/mol. The molecular formula is C14H21BrN3O2+. The minimum atomic E-state index is -0.480. The summed E-state index contributed by atoms with van der Waals surface area (Å²) in [5.41, 5.74) is 1.16. The molecule has 2 atom stereocenters. The molecule has 1 aromatic rings. The lowest BCUT2D eigenvalue weighted by atomic mass is 10.0. The van der Waals surface area contributed by atoms with Gasteiger partial charge in [0, 0.05) is 23.5 Å². The molecule has 0 aromatic heterocycles. The molecule has 0 aliphatic carbocycles. The average molecular weight is 343 g/mol. The second-order valence-electron chi connectivity index (χ2n) is 4.62. The van der Waals surface area contributed by atoms with Gasteiger partial charge in [-0.2, -0.15) is 0 Å². The van der Waals surface area contributed by atoms with E-state index in [1.807, 2.05) is 29.6 Å². The third kappa shape index (κ3) is 4.94. The third-order valence-corrected chi connectivity index (χ3v) is 3.66. The Labute approximate surface area is 127 Å². The quantitative estimate of drug-likeness (QED) is 0.754. The van der Waals surface area contributed by atoms with Crippen LogP contribution in [0.25, 0.3) is 0 Å². The van der Waals surface area contributed by atoms with Crippen molar-refractivity contribution in [3.63, 3.8) is 0 Å². The maximum absolute atomic E-state index is 11.8. The number of hydrogen-bond donors (Lipinski definition) is 3. The Hall–Kier alpha value is -1.40. The van der Waals surface area contributed by atoms with Gasteiger partial charge in [-0.05, 0) is 19.1 Å². The largest absolute Gasteiger partial charge is 0.341 e. The van der Waals surface area contributed by atoms with Gasteiger partial charge in [-0.25, -0.2) is 4.79 Å². The molecule has 6 heteroatoms. The van der Waals surface area contributed by atoms with Crippen LogP contribution in [0.5, 0.6) is 0 Å². The standard InChI is InChI=1S/C14H20BrN3O2/c1-4-12(10-5-7-11(15)8-6-10)17-9(2)13(19)18-14(20)16-3/h5-9,12,17H,4H2,1-3H3,(H2,16,18,19,20)/p+1/t9-,12+/m1/s1. The van der Waals surface area contributed by atoms with E-state index in [2.05, 4.69) is 33.5 Å². The molecule has 0 aliphatic heterocycles. The normalized spacial score (nSPS) is 13.4. The van der Waals surface area contributed by atoms with Gasteiger partial charge in [0.15, 0.2) is 6.04 Å². The van der Waals surface area contributed by atoms with Crippen molar-refractivity contribution in [1.82, 2.24) is 10.6 Å². The zero-order valence-corrected chi connectivity index (χ0v) is 13.5. The Kier molecular flexibility index (Phi) is 6.67. The van der Waals surface area contributed by atoms with Crippen LogP contribution in [0.2, 0.25) is 0 Å². The molecule has 0 saturated heterocycles. The van der Waals surface area contributed by atoms with Crippen molar-refractivity contribution in [2.24, 2.45) is 0 Å². The number of nitrogens with two attached hydrogens (primary N) is 1. The van der Waals surface area contributed by atoms with E-state index in [-0.39, 0.29) is 18.0 Å². The first-order chi connectivity index (χ1) is 9.47. The van der Waals surface area contributed by atoms with Gasteiger partial charge in [-0.15, -0.1) is 0 Å². The van der Waals surface area contributed by atoms with Gasteiger partial charge in [-0.3, -0.25) is 10.1 Å². The van der Waals surface area contributed by atoms with Crippen LogP contribution in [-0.2, 0) is 4.79 Å². The van der Waals surface area contributed by atoms with E-state index >= 15 is 0 Å². The molecule has 0 unspecified atom stereocenters. The molecule has 0 spiro atoms.